The van der Waals surface area contributed by atoms with Gasteiger partial charge in [0.05, 0.1) is 11.9 Å². The van der Waals surface area contributed by atoms with Crippen LogP contribution in [0.15, 0.2) is 44.5 Å². The number of H-pyrrole nitrogens is 1. The Kier molecular flexibility index (Phi) is 3.61. The molecule has 0 saturated heterocycles. The number of nitrogens with zero attached hydrogens (tertiary/aromatic N) is 2. The van der Waals surface area contributed by atoms with Crippen molar-refractivity contribution in [3.8, 4) is 0 Å². The number of aromatic nitrogens is 3. The molecule has 0 radical (unpaired) electrons. The molecule has 0 atom stereocenters. The molecule has 3 rings (SSSR count). The van der Waals surface area contributed by atoms with Crippen LogP contribution in [0, 0.1) is 11.6 Å². The van der Waals surface area contributed by atoms with E-state index in [0.29, 0.717) is 4.47 Å². The van der Waals surface area contributed by atoms with Gasteiger partial charge in [0.2, 0.25) is 0 Å². The van der Waals surface area contributed by atoms with Crippen LogP contribution in [0.3, 0.4) is 0 Å². The summed E-state index contributed by atoms with van der Waals surface area (Å²) in [6.07, 6.45) is 1.43. The second-order valence-corrected chi connectivity index (χ2v) is 5.52. The van der Waals surface area contributed by atoms with E-state index >= 15 is 0 Å². The van der Waals surface area contributed by atoms with Gasteiger partial charge in [0.15, 0.2) is 0 Å². The molecule has 3 aromatic rings. The minimum absolute atomic E-state index is 0.113. The van der Waals surface area contributed by atoms with Crippen molar-refractivity contribution in [2.75, 3.05) is 0 Å². The van der Waals surface area contributed by atoms with Gasteiger partial charge < -0.3 is 0 Å². The van der Waals surface area contributed by atoms with Crippen molar-refractivity contribution >= 4 is 27.0 Å². The Bertz CT molecular complexity index is 998. The van der Waals surface area contributed by atoms with E-state index in [9.17, 15) is 18.4 Å². The minimum atomic E-state index is -0.775. The molecule has 5 nitrogen and oxygen atoms in total. The Labute approximate surface area is 130 Å². The average Bonchev–Trinajstić information content (AvgIpc) is 2.45. The van der Waals surface area contributed by atoms with Crippen LogP contribution in [0.1, 0.15) is 5.56 Å². The van der Waals surface area contributed by atoms with Crippen LogP contribution in [0.25, 0.3) is 11.0 Å². The van der Waals surface area contributed by atoms with Crippen molar-refractivity contribution in [2.24, 2.45) is 0 Å². The topological polar surface area (TPSA) is 67.8 Å². The Hall–Kier alpha value is -2.35. The van der Waals surface area contributed by atoms with E-state index in [4.69, 9.17) is 0 Å². The van der Waals surface area contributed by atoms with Crippen molar-refractivity contribution in [3.63, 3.8) is 0 Å². The second kappa shape index (κ2) is 5.45. The smallest absolute Gasteiger partial charge is 0.273 e. The van der Waals surface area contributed by atoms with Crippen molar-refractivity contribution < 1.29 is 8.78 Å². The molecule has 1 N–H and O–H groups in total. The van der Waals surface area contributed by atoms with Gasteiger partial charge >= 0.3 is 5.69 Å². The van der Waals surface area contributed by atoms with E-state index < -0.39 is 22.9 Å². The first-order valence-electron chi connectivity index (χ1n) is 6.18. The fourth-order valence-electron chi connectivity index (χ4n) is 2.11. The average molecular weight is 368 g/mol. The summed E-state index contributed by atoms with van der Waals surface area (Å²) in [5.74, 6) is -1.48. The molecule has 0 saturated carbocycles. The zero-order valence-electron chi connectivity index (χ0n) is 10.9. The van der Waals surface area contributed by atoms with E-state index in [0.717, 1.165) is 16.7 Å². The van der Waals surface area contributed by atoms with Crippen LogP contribution in [0.2, 0.25) is 0 Å². The van der Waals surface area contributed by atoms with E-state index in [-0.39, 0.29) is 23.1 Å². The molecular weight excluding hydrogens is 360 g/mol. The summed E-state index contributed by atoms with van der Waals surface area (Å²) in [5, 5.41) is 0.191. The van der Waals surface area contributed by atoms with Crippen molar-refractivity contribution in [3.05, 3.63) is 73.0 Å². The predicted octanol–water partition coefficient (Wildman–Crippen LogP) is 2.17. The zero-order chi connectivity index (χ0) is 15.9. The molecule has 0 aliphatic carbocycles. The van der Waals surface area contributed by atoms with Gasteiger partial charge in [-0.25, -0.2) is 18.6 Å². The van der Waals surface area contributed by atoms with Crippen LogP contribution >= 0.6 is 15.9 Å². The molecule has 0 amide bonds. The van der Waals surface area contributed by atoms with Gasteiger partial charge in [-0.3, -0.25) is 14.3 Å². The van der Waals surface area contributed by atoms with Gasteiger partial charge in [-0.1, -0.05) is 6.07 Å². The first-order chi connectivity index (χ1) is 10.5. The second-order valence-electron chi connectivity index (χ2n) is 4.61. The lowest BCUT2D eigenvalue weighted by atomic mass is 10.2. The Morgan fingerprint density at radius 2 is 2.00 bits per heavy atom. The summed E-state index contributed by atoms with van der Waals surface area (Å²) in [7, 11) is 0. The van der Waals surface area contributed by atoms with Crippen molar-refractivity contribution in [2.45, 2.75) is 6.54 Å². The molecule has 2 aromatic heterocycles. The van der Waals surface area contributed by atoms with Gasteiger partial charge in [0.1, 0.15) is 17.3 Å². The molecule has 0 fully saturated rings. The van der Waals surface area contributed by atoms with Crippen LogP contribution in [-0.4, -0.2) is 14.5 Å². The SMILES string of the molecule is O=c1[nH]c(=O)n(Cc2ccc(F)cc2F)c2ncc(Br)cc12. The van der Waals surface area contributed by atoms with Gasteiger partial charge in [-0.15, -0.1) is 0 Å². The maximum absolute atomic E-state index is 13.8. The molecule has 8 heteroatoms. The highest BCUT2D eigenvalue weighted by atomic mass is 79.9. The third-order valence-corrected chi connectivity index (χ3v) is 3.58. The Morgan fingerprint density at radius 3 is 2.73 bits per heavy atom. The highest BCUT2D eigenvalue weighted by Crippen LogP contribution is 2.15. The molecule has 0 unspecified atom stereocenters. The van der Waals surface area contributed by atoms with Crippen LogP contribution in [0.5, 0.6) is 0 Å². The fraction of sp³-hybridized carbons (Fsp3) is 0.0714. The fourth-order valence-corrected chi connectivity index (χ4v) is 2.44. The van der Waals surface area contributed by atoms with Gasteiger partial charge in [-0.2, -0.15) is 0 Å². The number of hydrogen-bond donors (Lipinski definition) is 1. The van der Waals surface area contributed by atoms with Gasteiger partial charge in [0, 0.05) is 22.3 Å². The first kappa shape index (κ1) is 14.6. The summed E-state index contributed by atoms with van der Waals surface area (Å²) in [5.41, 5.74) is -1.05. The van der Waals surface area contributed by atoms with Gasteiger partial charge in [0.25, 0.3) is 5.56 Å². The molecular formula is C14H8BrF2N3O2. The number of aromatic amines is 1. The summed E-state index contributed by atoms with van der Waals surface area (Å²) in [6, 6.07) is 4.59. The van der Waals surface area contributed by atoms with E-state index in [1.165, 1.54) is 18.3 Å². The lowest BCUT2D eigenvalue weighted by Crippen LogP contribution is -2.31. The number of rotatable bonds is 2. The molecule has 1 aromatic carbocycles. The largest absolute Gasteiger partial charge is 0.330 e. The third-order valence-electron chi connectivity index (χ3n) is 3.14. The van der Waals surface area contributed by atoms with Crippen molar-refractivity contribution in [1.82, 2.24) is 14.5 Å². The molecule has 0 bridgehead atoms. The quantitative estimate of drug-likeness (QED) is 0.754. The normalized spacial score (nSPS) is 11.0. The van der Waals surface area contributed by atoms with Crippen LogP contribution < -0.4 is 11.2 Å². The standard InChI is InChI=1S/C14H8BrF2N3O2/c15-8-3-10-12(18-5-8)20(14(22)19-13(10)21)6-7-1-2-9(16)4-11(7)17/h1-5H,6H2,(H,19,21,22). The summed E-state index contributed by atoms with van der Waals surface area (Å²) < 4.78 is 28.4. The van der Waals surface area contributed by atoms with E-state index in [1.54, 1.807) is 0 Å². The lowest BCUT2D eigenvalue weighted by Gasteiger charge is -2.09. The first-order valence-corrected chi connectivity index (χ1v) is 6.97. The number of halogens is 3. The minimum Gasteiger partial charge on any atom is -0.273 e. The van der Waals surface area contributed by atoms with E-state index in [2.05, 4.69) is 25.9 Å². The highest BCUT2D eigenvalue weighted by Gasteiger charge is 2.12. The predicted molar refractivity (Wildman–Crippen MR) is 79.8 cm³/mol. The zero-order valence-corrected chi connectivity index (χ0v) is 12.5. The maximum Gasteiger partial charge on any atom is 0.330 e. The van der Waals surface area contributed by atoms with E-state index in [1.807, 2.05) is 0 Å². The maximum atomic E-state index is 13.8. The molecule has 0 aliphatic rings. The Morgan fingerprint density at radius 1 is 1.23 bits per heavy atom. The monoisotopic (exact) mass is 367 g/mol. The summed E-state index contributed by atoms with van der Waals surface area (Å²) >= 11 is 3.19. The van der Waals surface area contributed by atoms with Crippen LogP contribution in [0.4, 0.5) is 8.78 Å². The van der Waals surface area contributed by atoms with Crippen LogP contribution in [-0.2, 0) is 6.54 Å². The summed E-state index contributed by atoms with van der Waals surface area (Å²) in [4.78, 5) is 30.0. The number of pyridine rings is 1. The Balaban J connectivity index is 2.22. The molecule has 0 spiro atoms. The number of fused-ring (bicyclic) bond motifs is 1. The number of hydrogen-bond acceptors (Lipinski definition) is 3. The van der Waals surface area contributed by atoms with Gasteiger partial charge in [-0.05, 0) is 28.1 Å². The number of nitrogens with one attached hydrogen (secondary N) is 1. The summed E-state index contributed by atoms with van der Waals surface area (Å²) in [6.45, 7) is -0.174. The highest BCUT2D eigenvalue weighted by molar-refractivity contribution is 9.10. The third kappa shape index (κ3) is 2.57. The molecule has 2 heterocycles. The molecule has 0 aliphatic heterocycles. The lowest BCUT2D eigenvalue weighted by molar-refractivity contribution is 0.564. The molecule has 22 heavy (non-hydrogen) atoms. The number of benzene rings is 1. The molecule has 112 valence electrons. The van der Waals surface area contributed by atoms with Crippen molar-refractivity contribution in [1.29, 1.82) is 0 Å².